The zero-order valence-corrected chi connectivity index (χ0v) is 10.8. The average molecular weight is 254 g/mol. The zero-order chi connectivity index (χ0) is 13.2. The van der Waals surface area contributed by atoms with Gasteiger partial charge in [-0.1, -0.05) is 0 Å². The first-order valence-electron chi connectivity index (χ1n) is 5.99. The lowest BCUT2D eigenvalue weighted by Gasteiger charge is -2.05. The first-order chi connectivity index (χ1) is 9.26. The monoisotopic (exact) mass is 254 g/mol. The molecule has 0 spiro atoms. The molecule has 0 aliphatic heterocycles. The number of rotatable bonds is 3. The number of ether oxygens (including phenoxy) is 1. The Hall–Kier alpha value is -2.56. The predicted molar refractivity (Wildman–Crippen MR) is 74.6 cm³/mol. The van der Waals surface area contributed by atoms with Crippen LogP contribution in [0.5, 0.6) is 11.8 Å². The van der Waals surface area contributed by atoms with Gasteiger partial charge in [-0.05, 0) is 23.6 Å². The Bertz CT molecular complexity index is 703. The van der Waals surface area contributed by atoms with Crippen molar-refractivity contribution >= 4 is 16.6 Å². The summed E-state index contributed by atoms with van der Waals surface area (Å²) in [6, 6.07) is 8.32. The highest BCUT2D eigenvalue weighted by Crippen LogP contribution is 2.24. The van der Waals surface area contributed by atoms with Crippen molar-refractivity contribution in [3.05, 3.63) is 42.9 Å². The lowest BCUT2D eigenvalue weighted by Crippen LogP contribution is -1.95. The van der Waals surface area contributed by atoms with Crippen LogP contribution in [0.15, 0.2) is 42.9 Å². The number of anilines is 1. The summed E-state index contributed by atoms with van der Waals surface area (Å²) in [6.45, 7) is 0. The van der Waals surface area contributed by atoms with Crippen LogP contribution < -0.4 is 10.1 Å². The minimum absolute atomic E-state index is 0.340. The van der Waals surface area contributed by atoms with E-state index in [9.17, 15) is 0 Å². The summed E-state index contributed by atoms with van der Waals surface area (Å²) in [5.41, 5.74) is 1.97. The van der Waals surface area contributed by atoms with Gasteiger partial charge in [0.15, 0.2) is 0 Å². The summed E-state index contributed by atoms with van der Waals surface area (Å²) >= 11 is 0. The average Bonchev–Trinajstić information content (AvgIpc) is 2.81. The van der Waals surface area contributed by atoms with Crippen LogP contribution in [-0.2, 0) is 7.05 Å². The molecule has 96 valence electrons. The maximum Gasteiger partial charge on any atom is 0.322 e. The van der Waals surface area contributed by atoms with Crippen LogP contribution in [0.2, 0.25) is 0 Å². The Morgan fingerprint density at radius 2 is 1.95 bits per heavy atom. The molecule has 19 heavy (non-hydrogen) atoms. The Labute approximate surface area is 110 Å². The maximum atomic E-state index is 5.65. The smallest absolute Gasteiger partial charge is 0.322 e. The third kappa shape index (κ3) is 2.22. The van der Waals surface area contributed by atoms with Gasteiger partial charge in [0.1, 0.15) is 5.75 Å². The molecule has 0 radical (unpaired) electrons. The van der Waals surface area contributed by atoms with Gasteiger partial charge in [-0.2, -0.15) is 0 Å². The van der Waals surface area contributed by atoms with Crippen molar-refractivity contribution in [2.24, 2.45) is 7.05 Å². The molecule has 5 nitrogen and oxygen atoms in total. The summed E-state index contributed by atoms with van der Waals surface area (Å²) in [6.07, 6.45) is 5.39. The SMILES string of the molecule is CNc1cnc(Oc2ccc3ccn(C)c3c2)nc1. The maximum absolute atomic E-state index is 5.65. The second kappa shape index (κ2) is 4.61. The lowest BCUT2D eigenvalue weighted by molar-refractivity contribution is 0.442. The molecule has 0 fully saturated rings. The molecule has 0 saturated carbocycles. The van der Waals surface area contributed by atoms with Crippen LogP contribution in [0.1, 0.15) is 0 Å². The molecule has 0 amide bonds. The van der Waals surface area contributed by atoms with Gasteiger partial charge in [0.05, 0.1) is 23.6 Å². The second-order valence-corrected chi connectivity index (χ2v) is 4.25. The van der Waals surface area contributed by atoms with Crippen molar-refractivity contribution in [2.45, 2.75) is 0 Å². The first kappa shape index (κ1) is 11.5. The molecule has 0 atom stereocenters. The number of hydrogen-bond acceptors (Lipinski definition) is 4. The number of aromatic nitrogens is 3. The van der Waals surface area contributed by atoms with Crippen LogP contribution >= 0.6 is 0 Å². The molecular weight excluding hydrogens is 240 g/mol. The van der Waals surface area contributed by atoms with E-state index in [0.717, 1.165) is 17.0 Å². The molecule has 2 aromatic heterocycles. The summed E-state index contributed by atoms with van der Waals surface area (Å²) < 4.78 is 7.70. The molecule has 0 saturated heterocycles. The molecule has 0 unspecified atom stereocenters. The number of aryl methyl sites for hydroxylation is 1. The van der Waals surface area contributed by atoms with E-state index in [0.29, 0.717) is 6.01 Å². The topological polar surface area (TPSA) is 52.0 Å². The van der Waals surface area contributed by atoms with E-state index in [1.165, 1.54) is 5.39 Å². The van der Waals surface area contributed by atoms with Gasteiger partial charge >= 0.3 is 6.01 Å². The standard InChI is InChI=1S/C14H14N4O/c1-15-11-8-16-14(17-9-11)19-12-4-3-10-5-6-18(2)13(10)7-12/h3-9,15H,1-2H3. The van der Waals surface area contributed by atoms with Crippen molar-refractivity contribution in [1.29, 1.82) is 0 Å². The molecule has 1 aromatic carbocycles. The van der Waals surface area contributed by atoms with Crippen molar-refractivity contribution in [1.82, 2.24) is 14.5 Å². The van der Waals surface area contributed by atoms with Crippen LogP contribution in [0.4, 0.5) is 5.69 Å². The fraction of sp³-hybridized carbons (Fsp3) is 0.143. The number of fused-ring (bicyclic) bond motifs is 1. The molecule has 1 N–H and O–H groups in total. The van der Waals surface area contributed by atoms with Gasteiger partial charge < -0.3 is 14.6 Å². The van der Waals surface area contributed by atoms with E-state index in [2.05, 4.69) is 21.4 Å². The minimum atomic E-state index is 0.340. The fourth-order valence-corrected chi connectivity index (χ4v) is 1.91. The zero-order valence-electron chi connectivity index (χ0n) is 10.8. The molecule has 5 heteroatoms. The number of nitrogens with zero attached hydrogens (tertiary/aromatic N) is 3. The Morgan fingerprint density at radius 1 is 1.16 bits per heavy atom. The van der Waals surface area contributed by atoms with Gasteiger partial charge in [-0.3, -0.25) is 0 Å². The molecule has 3 rings (SSSR count). The summed E-state index contributed by atoms with van der Waals surface area (Å²) in [7, 11) is 3.83. The minimum Gasteiger partial charge on any atom is -0.424 e. The molecule has 2 heterocycles. The van der Waals surface area contributed by atoms with Crippen molar-refractivity contribution in [3.8, 4) is 11.8 Å². The van der Waals surface area contributed by atoms with Crippen LogP contribution in [-0.4, -0.2) is 21.6 Å². The van der Waals surface area contributed by atoms with Crippen LogP contribution in [0.3, 0.4) is 0 Å². The second-order valence-electron chi connectivity index (χ2n) is 4.25. The van der Waals surface area contributed by atoms with E-state index in [-0.39, 0.29) is 0 Å². The predicted octanol–water partition coefficient (Wildman–Crippen LogP) is 2.80. The Kier molecular flexibility index (Phi) is 2.79. The Morgan fingerprint density at radius 3 is 2.68 bits per heavy atom. The summed E-state index contributed by atoms with van der Waals surface area (Å²) in [5.74, 6) is 0.728. The third-order valence-corrected chi connectivity index (χ3v) is 2.99. The largest absolute Gasteiger partial charge is 0.424 e. The highest BCUT2D eigenvalue weighted by Gasteiger charge is 2.03. The van der Waals surface area contributed by atoms with Gasteiger partial charge in [0.25, 0.3) is 0 Å². The normalized spacial score (nSPS) is 10.6. The number of benzene rings is 1. The number of nitrogens with one attached hydrogen (secondary N) is 1. The third-order valence-electron chi connectivity index (χ3n) is 2.99. The summed E-state index contributed by atoms with van der Waals surface area (Å²) in [5, 5.41) is 4.14. The quantitative estimate of drug-likeness (QED) is 0.780. The van der Waals surface area contributed by atoms with Crippen molar-refractivity contribution in [2.75, 3.05) is 12.4 Å². The molecular formula is C14H14N4O. The van der Waals surface area contributed by atoms with Crippen LogP contribution in [0.25, 0.3) is 10.9 Å². The molecule has 3 aromatic rings. The summed E-state index contributed by atoms with van der Waals surface area (Å²) in [4.78, 5) is 8.26. The van der Waals surface area contributed by atoms with Crippen molar-refractivity contribution < 1.29 is 4.74 Å². The van der Waals surface area contributed by atoms with E-state index in [4.69, 9.17) is 4.74 Å². The van der Waals surface area contributed by atoms with Gasteiger partial charge in [0.2, 0.25) is 0 Å². The van der Waals surface area contributed by atoms with E-state index in [1.54, 1.807) is 12.4 Å². The van der Waals surface area contributed by atoms with E-state index in [1.807, 2.05) is 43.1 Å². The fourth-order valence-electron chi connectivity index (χ4n) is 1.91. The van der Waals surface area contributed by atoms with Gasteiger partial charge in [0, 0.05) is 26.4 Å². The highest BCUT2D eigenvalue weighted by molar-refractivity contribution is 5.81. The van der Waals surface area contributed by atoms with E-state index >= 15 is 0 Å². The number of hydrogen-bond donors (Lipinski definition) is 1. The molecule has 0 bridgehead atoms. The molecule has 0 aliphatic carbocycles. The first-order valence-corrected chi connectivity index (χ1v) is 5.99. The van der Waals surface area contributed by atoms with Crippen molar-refractivity contribution in [3.63, 3.8) is 0 Å². The van der Waals surface area contributed by atoms with Crippen LogP contribution in [0, 0.1) is 0 Å². The van der Waals surface area contributed by atoms with E-state index < -0.39 is 0 Å². The lowest BCUT2D eigenvalue weighted by atomic mass is 10.2. The molecule has 0 aliphatic rings. The van der Waals surface area contributed by atoms with Gasteiger partial charge in [-0.25, -0.2) is 9.97 Å². The Balaban J connectivity index is 1.89. The highest BCUT2D eigenvalue weighted by atomic mass is 16.5. The van der Waals surface area contributed by atoms with Gasteiger partial charge in [-0.15, -0.1) is 0 Å².